The van der Waals surface area contributed by atoms with Gasteiger partial charge in [0.15, 0.2) is 5.16 Å². The molecule has 108 valence electrons. The Labute approximate surface area is 120 Å². The number of nitrogens with two attached hydrogens (primary N) is 1. The van der Waals surface area contributed by atoms with Gasteiger partial charge in [-0.2, -0.15) is 0 Å². The molecule has 2 aromatic rings. The molecule has 2 atom stereocenters. The van der Waals surface area contributed by atoms with E-state index in [1.54, 1.807) is 16.7 Å². The first kappa shape index (κ1) is 14.8. The normalized spacial score (nSPS) is 14.2. The molecule has 2 unspecified atom stereocenters. The quantitative estimate of drug-likeness (QED) is 0.826. The molecule has 1 heterocycles. The van der Waals surface area contributed by atoms with Gasteiger partial charge in [-0.05, 0) is 31.5 Å². The zero-order chi connectivity index (χ0) is 14.7. The summed E-state index contributed by atoms with van der Waals surface area (Å²) in [6, 6.07) is 6.06. The van der Waals surface area contributed by atoms with Crippen LogP contribution in [0.25, 0.3) is 0 Å². The number of nitrogens with one attached hydrogen (secondary N) is 1. The van der Waals surface area contributed by atoms with Gasteiger partial charge in [0.25, 0.3) is 0 Å². The number of nitrogens with zero attached hydrogens (tertiary/aromatic N) is 2. The molecule has 5 nitrogen and oxygen atoms in total. The fraction of sp³-hybridized carbons (Fsp3) is 0.385. The monoisotopic (exact) mass is 296 g/mol. The average molecular weight is 296 g/mol. The molecule has 2 rings (SSSR count). The number of hydrogen-bond donors (Lipinski definition) is 2. The molecule has 0 amide bonds. The van der Waals surface area contributed by atoms with Gasteiger partial charge in [0.1, 0.15) is 5.82 Å². The number of hydrogen-bond acceptors (Lipinski definition) is 4. The highest BCUT2D eigenvalue weighted by Crippen LogP contribution is 2.35. The van der Waals surface area contributed by atoms with Crippen molar-refractivity contribution in [3.05, 3.63) is 46.1 Å². The number of halogens is 1. The summed E-state index contributed by atoms with van der Waals surface area (Å²) < 4.78 is 14.5. The first-order valence-electron chi connectivity index (χ1n) is 6.35. The van der Waals surface area contributed by atoms with Gasteiger partial charge in [-0.25, -0.2) is 14.3 Å². The van der Waals surface area contributed by atoms with E-state index in [0.29, 0.717) is 11.7 Å². The van der Waals surface area contributed by atoms with Gasteiger partial charge < -0.3 is 5.73 Å². The van der Waals surface area contributed by atoms with Crippen molar-refractivity contribution in [3.8, 4) is 0 Å². The van der Waals surface area contributed by atoms with Crippen molar-refractivity contribution < 1.29 is 4.39 Å². The molecule has 0 bridgehead atoms. The van der Waals surface area contributed by atoms with E-state index in [0.717, 1.165) is 5.56 Å². The highest BCUT2D eigenvalue weighted by molar-refractivity contribution is 7.99. The largest absolute Gasteiger partial charge is 0.343 e. The van der Waals surface area contributed by atoms with Gasteiger partial charge in [0, 0.05) is 12.6 Å². The lowest BCUT2D eigenvalue weighted by molar-refractivity contribution is 0.625. The van der Waals surface area contributed by atoms with Crippen molar-refractivity contribution >= 4 is 11.8 Å². The standard InChI is InChI=1S/C13H17FN4OS/c1-3-18-12(19)16-17-13(18)20-11(8(2)15)9-4-6-10(14)7-5-9/h4-8,11H,3,15H2,1-2H3,(H,16,19). The topological polar surface area (TPSA) is 76.7 Å². The van der Waals surface area contributed by atoms with Gasteiger partial charge >= 0.3 is 5.69 Å². The van der Waals surface area contributed by atoms with Gasteiger partial charge in [0.05, 0.1) is 5.25 Å². The summed E-state index contributed by atoms with van der Waals surface area (Å²) in [5, 5.41) is 6.93. The van der Waals surface area contributed by atoms with Gasteiger partial charge in [-0.3, -0.25) is 4.57 Å². The summed E-state index contributed by atoms with van der Waals surface area (Å²) in [6.45, 7) is 4.29. The van der Waals surface area contributed by atoms with Crippen LogP contribution in [0.1, 0.15) is 24.7 Å². The molecular formula is C13H17FN4OS. The summed E-state index contributed by atoms with van der Waals surface area (Å²) >= 11 is 1.40. The lowest BCUT2D eigenvalue weighted by atomic mass is 10.1. The van der Waals surface area contributed by atoms with Crippen LogP contribution in [-0.4, -0.2) is 20.8 Å². The van der Waals surface area contributed by atoms with Gasteiger partial charge in [-0.1, -0.05) is 23.9 Å². The number of thioether (sulfide) groups is 1. The Balaban J connectivity index is 2.30. The molecule has 0 radical (unpaired) electrons. The van der Waals surface area contributed by atoms with Crippen LogP contribution in [0, 0.1) is 5.82 Å². The molecule has 0 fully saturated rings. The highest BCUT2D eigenvalue weighted by Gasteiger charge is 2.21. The molecular weight excluding hydrogens is 279 g/mol. The summed E-state index contributed by atoms with van der Waals surface area (Å²) in [5.41, 5.74) is 6.68. The summed E-state index contributed by atoms with van der Waals surface area (Å²) in [4.78, 5) is 11.6. The maximum atomic E-state index is 13.0. The van der Waals surface area contributed by atoms with Crippen LogP contribution >= 0.6 is 11.8 Å². The predicted octanol–water partition coefficient (Wildman–Crippen LogP) is 1.91. The number of benzene rings is 1. The lowest BCUT2D eigenvalue weighted by Crippen LogP contribution is -2.23. The predicted molar refractivity (Wildman–Crippen MR) is 77.2 cm³/mol. The van der Waals surface area contributed by atoms with Crippen LogP contribution in [0.2, 0.25) is 0 Å². The van der Waals surface area contributed by atoms with Crippen molar-refractivity contribution in [3.63, 3.8) is 0 Å². The van der Waals surface area contributed by atoms with Crippen molar-refractivity contribution in [2.45, 2.75) is 36.8 Å². The molecule has 0 saturated carbocycles. The number of aromatic nitrogens is 3. The fourth-order valence-electron chi connectivity index (χ4n) is 1.92. The molecule has 0 spiro atoms. The third-order valence-electron chi connectivity index (χ3n) is 2.95. The molecule has 1 aromatic carbocycles. The van der Waals surface area contributed by atoms with Crippen LogP contribution in [0.3, 0.4) is 0 Å². The van der Waals surface area contributed by atoms with Crippen LogP contribution in [-0.2, 0) is 6.54 Å². The summed E-state index contributed by atoms with van der Waals surface area (Å²) in [6.07, 6.45) is 0. The van der Waals surface area contributed by atoms with E-state index in [9.17, 15) is 9.18 Å². The third-order valence-corrected chi connectivity index (χ3v) is 4.43. The van der Waals surface area contributed by atoms with Crippen molar-refractivity contribution in [2.24, 2.45) is 5.73 Å². The fourth-order valence-corrected chi connectivity index (χ4v) is 3.09. The Kier molecular flexibility index (Phi) is 4.61. The second kappa shape index (κ2) is 6.23. The third kappa shape index (κ3) is 3.10. The van der Waals surface area contributed by atoms with Crippen LogP contribution in [0.4, 0.5) is 4.39 Å². The van der Waals surface area contributed by atoms with E-state index in [1.807, 2.05) is 13.8 Å². The van der Waals surface area contributed by atoms with Crippen LogP contribution in [0.5, 0.6) is 0 Å². The van der Waals surface area contributed by atoms with E-state index in [2.05, 4.69) is 10.2 Å². The summed E-state index contributed by atoms with van der Waals surface area (Å²) in [7, 11) is 0. The summed E-state index contributed by atoms with van der Waals surface area (Å²) in [5.74, 6) is -0.285. The molecule has 0 aliphatic heterocycles. The zero-order valence-corrected chi connectivity index (χ0v) is 12.2. The lowest BCUT2D eigenvalue weighted by Gasteiger charge is -2.20. The van der Waals surface area contributed by atoms with Crippen LogP contribution in [0.15, 0.2) is 34.2 Å². The first-order chi connectivity index (χ1) is 9.52. The second-order valence-electron chi connectivity index (χ2n) is 4.50. The Morgan fingerprint density at radius 2 is 2.10 bits per heavy atom. The number of H-pyrrole nitrogens is 1. The number of aromatic amines is 1. The van der Waals surface area contributed by atoms with Crippen molar-refractivity contribution in [1.82, 2.24) is 14.8 Å². The number of rotatable bonds is 5. The molecule has 0 aliphatic carbocycles. The minimum absolute atomic E-state index is 0.101. The SMILES string of the molecule is CCn1c(SC(c2ccc(F)cc2)C(C)N)n[nH]c1=O. The smallest absolute Gasteiger partial charge is 0.327 e. The van der Waals surface area contributed by atoms with E-state index >= 15 is 0 Å². The second-order valence-corrected chi connectivity index (χ2v) is 5.61. The molecule has 1 aromatic heterocycles. The Hall–Kier alpha value is -1.60. The minimum Gasteiger partial charge on any atom is -0.327 e. The minimum atomic E-state index is -0.285. The van der Waals surface area contributed by atoms with Crippen molar-refractivity contribution in [2.75, 3.05) is 0 Å². The maximum Gasteiger partial charge on any atom is 0.343 e. The molecule has 0 aliphatic rings. The van der Waals surface area contributed by atoms with E-state index in [-0.39, 0.29) is 22.8 Å². The zero-order valence-electron chi connectivity index (χ0n) is 11.3. The molecule has 3 N–H and O–H groups in total. The first-order valence-corrected chi connectivity index (χ1v) is 7.23. The maximum absolute atomic E-state index is 13.0. The van der Waals surface area contributed by atoms with E-state index in [4.69, 9.17) is 5.73 Å². The van der Waals surface area contributed by atoms with E-state index in [1.165, 1.54) is 23.9 Å². The van der Waals surface area contributed by atoms with Gasteiger partial charge in [-0.15, -0.1) is 5.10 Å². The molecule has 0 saturated heterocycles. The molecule has 7 heteroatoms. The van der Waals surface area contributed by atoms with Gasteiger partial charge in [0.2, 0.25) is 0 Å². The average Bonchev–Trinajstić information content (AvgIpc) is 2.77. The Morgan fingerprint density at radius 3 is 2.65 bits per heavy atom. The van der Waals surface area contributed by atoms with E-state index < -0.39 is 0 Å². The Bertz CT molecular complexity index is 620. The van der Waals surface area contributed by atoms with Crippen molar-refractivity contribution in [1.29, 1.82) is 0 Å². The Morgan fingerprint density at radius 1 is 1.45 bits per heavy atom. The van der Waals surface area contributed by atoms with Crippen LogP contribution < -0.4 is 11.4 Å². The molecule has 20 heavy (non-hydrogen) atoms. The highest BCUT2D eigenvalue weighted by atomic mass is 32.2.